The quantitative estimate of drug-likeness (QED) is 0.920. The number of rotatable bonds is 3. The summed E-state index contributed by atoms with van der Waals surface area (Å²) in [7, 11) is 0. The van der Waals surface area contributed by atoms with E-state index in [4.69, 9.17) is 9.47 Å². The number of nitrogens with zero attached hydrogens (tertiary/aromatic N) is 1. The molecule has 24 heavy (non-hydrogen) atoms. The molecule has 3 atom stereocenters. The van der Waals surface area contributed by atoms with Gasteiger partial charge in [0.1, 0.15) is 6.10 Å². The molecule has 6 nitrogen and oxygen atoms in total. The summed E-state index contributed by atoms with van der Waals surface area (Å²) in [4.78, 5) is 26.7. The van der Waals surface area contributed by atoms with Gasteiger partial charge >= 0.3 is 0 Å². The maximum atomic E-state index is 12.7. The van der Waals surface area contributed by atoms with Crippen molar-refractivity contribution >= 4 is 17.5 Å². The highest BCUT2D eigenvalue weighted by Gasteiger charge is 2.27. The minimum Gasteiger partial charge on any atom is -0.372 e. The Bertz CT molecular complexity index is 603. The molecule has 1 aromatic rings. The molecule has 2 aliphatic heterocycles. The third-order valence-corrected chi connectivity index (χ3v) is 4.31. The van der Waals surface area contributed by atoms with Crippen LogP contribution in [0.25, 0.3) is 0 Å². The molecule has 0 spiro atoms. The smallest absolute Gasteiger partial charge is 0.254 e. The zero-order chi connectivity index (χ0) is 17.1. The Morgan fingerprint density at radius 2 is 1.96 bits per heavy atom. The van der Waals surface area contributed by atoms with Gasteiger partial charge in [0.25, 0.3) is 11.8 Å². The second kappa shape index (κ2) is 7.32. The summed E-state index contributed by atoms with van der Waals surface area (Å²) < 4.78 is 11.1. The van der Waals surface area contributed by atoms with E-state index in [1.165, 1.54) is 0 Å². The van der Waals surface area contributed by atoms with Crippen LogP contribution in [0.1, 0.15) is 37.0 Å². The molecule has 0 aliphatic carbocycles. The monoisotopic (exact) mass is 332 g/mol. The highest BCUT2D eigenvalue weighted by molar-refractivity contribution is 5.98. The lowest BCUT2D eigenvalue weighted by Gasteiger charge is -2.35. The van der Waals surface area contributed by atoms with Crippen LogP contribution in [-0.2, 0) is 14.3 Å². The van der Waals surface area contributed by atoms with Gasteiger partial charge < -0.3 is 19.7 Å². The van der Waals surface area contributed by atoms with Gasteiger partial charge in [-0.1, -0.05) is 6.07 Å². The van der Waals surface area contributed by atoms with Crippen LogP contribution in [0.3, 0.4) is 0 Å². The van der Waals surface area contributed by atoms with Gasteiger partial charge in [0, 0.05) is 30.9 Å². The number of hydrogen-bond acceptors (Lipinski definition) is 4. The van der Waals surface area contributed by atoms with Gasteiger partial charge in [-0.3, -0.25) is 9.59 Å². The van der Waals surface area contributed by atoms with E-state index in [0.717, 1.165) is 12.8 Å². The highest BCUT2D eigenvalue weighted by Crippen LogP contribution is 2.19. The standard InChI is InChI=1S/C18H24N2O4/c1-12-10-20(11-13(2)24-12)18(22)14-5-3-6-15(9-14)19-17(21)16-7-4-8-23-16/h3,5-6,9,12-13,16H,4,7-8,10-11H2,1-2H3,(H,19,21)/t12-,13-,16+/m1/s1. The number of hydrogen-bond donors (Lipinski definition) is 1. The molecule has 1 aromatic carbocycles. The molecule has 0 saturated carbocycles. The molecule has 130 valence electrons. The Morgan fingerprint density at radius 1 is 1.21 bits per heavy atom. The van der Waals surface area contributed by atoms with Gasteiger partial charge in [0.2, 0.25) is 0 Å². The molecular formula is C18H24N2O4. The van der Waals surface area contributed by atoms with E-state index >= 15 is 0 Å². The minimum absolute atomic E-state index is 0.0279. The SMILES string of the molecule is C[C@@H]1CN(C(=O)c2cccc(NC(=O)[C@@H]3CCCO3)c2)C[C@@H](C)O1. The number of carbonyl (C=O) groups is 2. The lowest BCUT2D eigenvalue weighted by atomic mass is 10.1. The number of nitrogens with one attached hydrogen (secondary N) is 1. The van der Waals surface area contributed by atoms with Crippen LogP contribution < -0.4 is 5.32 Å². The zero-order valence-electron chi connectivity index (χ0n) is 14.2. The molecular weight excluding hydrogens is 308 g/mol. The van der Waals surface area contributed by atoms with Crippen LogP contribution in [0.4, 0.5) is 5.69 Å². The van der Waals surface area contributed by atoms with E-state index in [0.29, 0.717) is 30.9 Å². The van der Waals surface area contributed by atoms with Crippen molar-refractivity contribution in [2.24, 2.45) is 0 Å². The number of carbonyl (C=O) groups excluding carboxylic acids is 2. The Labute approximate surface area is 142 Å². The molecule has 0 radical (unpaired) electrons. The first kappa shape index (κ1) is 16.9. The maximum Gasteiger partial charge on any atom is 0.254 e. The molecule has 2 aliphatic rings. The van der Waals surface area contributed by atoms with Gasteiger partial charge in [-0.25, -0.2) is 0 Å². The first-order valence-electron chi connectivity index (χ1n) is 8.50. The number of morpholine rings is 1. The molecule has 1 N–H and O–H groups in total. The topological polar surface area (TPSA) is 67.9 Å². The second-order valence-electron chi connectivity index (χ2n) is 6.54. The maximum absolute atomic E-state index is 12.7. The van der Waals surface area contributed by atoms with Crippen molar-refractivity contribution in [2.45, 2.75) is 45.0 Å². The molecule has 3 rings (SSSR count). The molecule has 2 amide bonds. The normalized spacial score (nSPS) is 27.1. The van der Waals surface area contributed by atoms with Crippen LogP contribution in [0, 0.1) is 0 Å². The van der Waals surface area contributed by atoms with Crippen molar-refractivity contribution in [1.82, 2.24) is 4.90 Å². The molecule has 0 aromatic heterocycles. The van der Waals surface area contributed by atoms with E-state index in [1.807, 2.05) is 13.8 Å². The van der Waals surface area contributed by atoms with E-state index in [2.05, 4.69) is 5.32 Å². The predicted molar refractivity (Wildman–Crippen MR) is 90.0 cm³/mol. The second-order valence-corrected chi connectivity index (χ2v) is 6.54. The Balaban J connectivity index is 1.68. The highest BCUT2D eigenvalue weighted by atomic mass is 16.5. The Morgan fingerprint density at radius 3 is 2.62 bits per heavy atom. The first-order chi connectivity index (χ1) is 11.5. The van der Waals surface area contributed by atoms with E-state index < -0.39 is 0 Å². The average molecular weight is 332 g/mol. The minimum atomic E-state index is -0.384. The lowest BCUT2D eigenvalue weighted by molar-refractivity contribution is -0.124. The van der Waals surface area contributed by atoms with Crippen molar-refractivity contribution in [3.8, 4) is 0 Å². The Hall–Kier alpha value is -1.92. The molecule has 2 heterocycles. The van der Waals surface area contributed by atoms with Crippen LogP contribution >= 0.6 is 0 Å². The molecule has 2 fully saturated rings. The van der Waals surface area contributed by atoms with E-state index in [1.54, 1.807) is 29.2 Å². The summed E-state index contributed by atoms with van der Waals surface area (Å²) >= 11 is 0. The summed E-state index contributed by atoms with van der Waals surface area (Å²) in [6.07, 6.45) is 1.32. The van der Waals surface area contributed by atoms with Gasteiger partial charge in [-0.05, 0) is 44.9 Å². The van der Waals surface area contributed by atoms with Gasteiger partial charge in [-0.2, -0.15) is 0 Å². The van der Waals surface area contributed by atoms with Crippen molar-refractivity contribution in [3.63, 3.8) is 0 Å². The van der Waals surface area contributed by atoms with Crippen LogP contribution in [0.5, 0.6) is 0 Å². The summed E-state index contributed by atoms with van der Waals surface area (Å²) in [6, 6.07) is 7.06. The van der Waals surface area contributed by atoms with Crippen LogP contribution in [0.2, 0.25) is 0 Å². The largest absolute Gasteiger partial charge is 0.372 e. The third-order valence-electron chi connectivity index (χ3n) is 4.31. The van der Waals surface area contributed by atoms with Gasteiger partial charge in [-0.15, -0.1) is 0 Å². The first-order valence-corrected chi connectivity index (χ1v) is 8.50. The fourth-order valence-corrected chi connectivity index (χ4v) is 3.26. The van der Waals surface area contributed by atoms with Crippen molar-refractivity contribution in [1.29, 1.82) is 0 Å². The van der Waals surface area contributed by atoms with E-state index in [-0.39, 0.29) is 30.1 Å². The van der Waals surface area contributed by atoms with Gasteiger partial charge in [0.05, 0.1) is 12.2 Å². The van der Waals surface area contributed by atoms with Crippen molar-refractivity contribution < 1.29 is 19.1 Å². The summed E-state index contributed by atoms with van der Waals surface area (Å²) in [6.45, 7) is 5.72. The third kappa shape index (κ3) is 3.94. The molecule has 2 saturated heterocycles. The molecule has 6 heteroatoms. The summed E-state index contributed by atoms with van der Waals surface area (Å²) in [5.74, 6) is -0.184. The van der Waals surface area contributed by atoms with E-state index in [9.17, 15) is 9.59 Å². The molecule has 0 unspecified atom stereocenters. The zero-order valence-corrected chi connectivity index (χ0v) is 14.2. The molecule has 0 bridgehead atoms. The van der Waals surface area contributed by atoms with Crippen molar-refractivity contribution in [2.75, 3.05) is 25.0 Å². The van der Waals surface area contributed by atoms with Crippen LogP contribution in [0.15, 0.2) is 24.3 Å². The number of anilines is 1. The Kier molecular flexibility index (Phi) is 5.16. The number of ether oxygens (including phenoxy) is 2. The number of amides is 2. The van der Waals surface area contributed by atoms with Crippen LogP contribution in [-0.4, -0.2) is 54.7 Å². The fourth-order valence-electron chi connectivity index (χ4n) is 3.26. The summed E-state index contributed by atoms with van der Waals surface area (Å²) in [5, 5.41) is 2.84. The fraction of sp³-hybridized carbons (Fsp3) is 0.556. The summed E-state index contributed by atoms with van der Waals surface area (Å²) in [5.41, 5.74) is 1.19. The number of benzene rings is 1. The van der Waals surface area contributed by atoms with Crippen molar-refractivity contribution in [3.05, 3.63) is 29.8 Å². The lowest BCUT2D eigenvalue weighted by Crippen LogP contribution is -2.48. The predicted octanol–water partition coefficient (Wildman–Crippen LogP) is 2.05. The van der Waals surface area contributed by atoms with Gasteiger partial charge in [0.15, 0.2) is 0 Å². The average Bonchev–Trinajstić information content (AvgIpc) is 3.08.